The fourth-order valence-electron chi connectivity index (χ4n) is 2.63. The molecule has 0 fully saturated rings. The van der Waals surface area contributed by atoms with E-state index in [4.69, 9.17) is 9.47 Å². The first-order valence-corrected chi connectivity index (χ1v) is 8.70. The number of methoxy groups -OCH3 is 2. The zero-order valence-electron chi connectivity index (χ0n) is 14.9. The van der Waals surface area contributed by atoms with Crippen LogP contribution in [0.5, 0.6) is 11.6 Å². The maximum atomic E-state index is 12.7. The van der Waals surface area contributed by atoms with Crippen LogP contribution in [-0.4, -0.2) is 35.2 Å². The van der Waals surface area contributed by atoms with Crippen molar-refractivity contribution in [2.24, 2.45) is 0 Å². The van der Waals surface area contributed by atoms with E-state index in [0.717, 1.165) is 11.1 Å². The molecule has 0 saturated heterocycles. The molecule has 0 atom stereocenters. The van der Waals surface area contributed by atoms with Crippen molar-refractivity contribution in [1.82, 2.24) is 9.97 Å². The summed E-state index contributed by atoms with van der Waals surface area (Å²) in [6.45, 7) is 3.94. The van der Waals surface area contributed by atoms with Gasteiger partial charge < -0.3 is 19.9 Å². The number of hydrogen-bond donors (Lipinski definition) is 2. The summed E-state index contributed by atoms with van der Waals surface area (Å²) in [5.74, 6) is 0.603. The molecule has 0 spiro atoms. The number of aryl methyl sites for hydroxylation is 2. The molecule has 8 heteroatoms. The van der Waals surface area contributed by atoms with E-state index in [1.165, 1.54) is 18.4 Å². The highest BCUT2D eigenvalue weighted by Gasteiger charge is 2.21. The lowest BCUT2D eigenvalue weighted by Crippen LogP contribution is -2.11. The molecule has 7 nitrogen and oxygen atoms in total. The molecular formula is C18H19N3O4S. The summed E-state index contributed by atoms with van der Waals surface area (Å²) >= 11 is 1.25. The predicted octanol–water partition coefficient (Wildman–Crippen LogP) is 3.42. The Bertz CT molecular complexity index is 984. The van der Waals surface area contributed by atoms with Crippen molar-refractivity contribution >= 4 is 33.1 Å². The third-order valence-corrected chi connectivity index (χ3v) is 5.06. The first kappa shape index (κ1) is 18.1. The molecule has 0 bridgehead atoms. The number of phenols is 1. The van der Waals surface area contributed by atoms with Crippen LogP contribution in [0.1, 0.15) is 26.6 Å². The van der Waals surface area contributed by atoms with Gasteiger partial charge in [-0.3, -0.25) is 4.79 Å². The van der Waals surface area contributed by atoms with Crippen LogP contribution in [0.4, 0.5) is 5.69 Å². The summed E-state index contributed by atoms with van der Waals surface area (Å²) in [6.07, 6.45) is 0. The molecule has 0 aliphatic heterocycles. The van der Waals surface area contributed by atoms with E-state index in [9.17, 15) is 9.90 Å². The molecule has 0 saturated carbocycles. The van der Waals surface area contributed by atoms with Crippen molar-refractivity contribution in [3.05, 3.63) is 40.0 Å². The number of carbonyl (C=O) groups is 1. The van der Waals surface area contributed by atoms with E-state index < -0.39 is 0 Å². The summed E-state index contributed by atoms with van der Waals surface area (Å²) in [5, 5.41) is 13.5. The molecule has 0 aliphatic carbocycles. The first-order valence-electron chi connectivity index (χ1n) is 7.88. The van der Waals surface area contributed by atoms with Crippen molar-refractivity contribution < 1.29 is 19.4 Å². The summed E-state index contributed by atoms with van der Waals surface area (Å²) in [7, 11) is 3.09. The van der Waals surface area contributed by atoms with Crippen molar-refractivity contribution in [3.63, 3.8) is 0 Å². The van der Waals surface area contributed by atoms with Crippen LogP contribution in [-0.2, 0) is 11.3 Å². The lowest BCUT2D eigenvalue weighted by Gasteiger charge is -2.07. The average molecular weight is 373 g/mol. The fraction of sp³-hybridized carbons (Fsp3) is 0.278. The molecule has 0 aliphatic rings. The minimum absolute atomic E-state index is 0.0249. The van der Waals surface area contributed by atoms with Crippen LogP contribution < -0.4 is 10.1 Å². The Morgan fingerprint density at radius 3 is 2.69 bits per heavy atom. The van der Waals surface area contributed by atoms with E-state index in [2.05, 4.69) is 15.3 Å². The molecule has 1 amide bonds. The Labute approximate surface area is 154 Å². The second-order valence-corrected chi connectivity index (χ2v) is 6.79. The monoisotopic (exact) mass is 373 g/mol. The Hall–Kier alpha value is -2.71. The average Bonchev–Trinajstić information content (AvgIpc) is 2.94. The van der Waals surface area contributed by atoms with Gasteiger partial charge in [0.05, 0.1) is 23.1 Å². The van der Waals surface area contributed by atoms with E-state index in [0.29, 0.717) is 32.5 Å². The number of fused-ring (bicyclic) bond motifs is 1. The Morgan fingerprint density at radius 1 is 1.27 bits per heavy atom. The Kier molecular flexibility index (Phi) is 5.06. The van der Waals surface area contributed by atoms with Gasteiger partial charge in [0, 0.05) is 7.11 Å². The minimum Gasteiger partial charge on any atom is -0.506 e. The van der Waals surface area contributed by atoms with E-state index in [-0.39, 0.29) is 18.3 Å². The van der Waals surface area contributed by atoms with Gasteiger partial charge in [0.25, 0.3) is 5.91 Å². The lowest BCUT2D eigenvalue weighted by atomic mass is 10.2. The van der Waals surface area contributed by atoms with E-state index in [1.54, 1.807) is 19.2 Å². The number of benzene rings is 1. The third-order valence-electron chi connectivity index (χ3n) is 3.88. The molecule has 2 heterocycles. The summed E-state index contributed by atoms with van der Waals surface area (Å²) < 4.78 is 10.4. The molecule has 26 heavy (non-hydrogen) atoms. The van der Waals surface area contributed by atoms with Crippen LogP contribution in [0, 0.1) is 13.8 Å². The molecule has 2 N–H and O–H groups in total. The van der Waals surface area contributed by atoms with Crippen LogP contribution in [0.25, 0.3) is 10.2 Å². The van der Waals surface area contributed by atoms with Gasteiger partial charge in [0.1, 0.15) is 17.2 Å². The molecule has 0 unspecified atom stereocenters. The Balaban J connectivity index is 2.01. The highest BCUT2D eigenvalue weighted by Crippen LogP contribution is 2.36. The van der Waals surface area contributed by atoms with Gasteiger partial charge in [0.2, 0.25) is 5.88 Å². The quantitative estimate of drug-likeness (QED) is 0.666. The number of aromatic nitrogens is 2. The highest BCUT2D eigenvalue weighted by molar-refractivity contribution is 7.20. The second-order valence-electron chi connectivity index (χ2n) is 5.79. The van der Waals surface area contributed by atoms with Crippen LogP contribution in [0.3, 0.4) is 0 Å². The Morgan fingerprint density at radius 2 is 2.04 bits per heavy atom. The van der Waals surface area contributed by atoms with Crippen molar-refractivity contribution in [3.8, 4) is 11.6 Å². The first-order chi connectivity index (χ1) is 12.4. The number of hydrogen-bond acceptors (Lipinski definition) is 7. The van der Waals surface area contributed by atoms with Gasteiger partial charge in [-0.1, -0.05) is 6.07 Å². The van der Waals surface area contributed by atoms with Gasteiger partial charge >= 0.3 is 0 Å². The third kappa shape index (κ3) is 3.33. The number of rotatable bonds is 5. The van der Waals surface area contributed by atoms with Gasteiger partial charge in [-0.25, -0.2) is 4.98 Å². The molecule has 136 valence electrons. The maximum Gasteiger partial charge on any atom is 0.266 e. The van der Waals surface area contributed by atoms with Gasteiger partial charge in [-0.2, -0.15) is 4.98 Å². The van der Waals surface area contributed by atoms with Crippen molar-refractivity contribution in [1.29, 1.82) is 0 Å². The number of nitrogens with one attached hydrogen (secondary N) is 1. The summed E-state index contributed by atoms with van der Waals surface area (Å²) in [6, 6.07) is 5.08. The largest absolute Gasteiger partial charge is 0.506 e. The topological polar surface area (TPSA) is 93.6 Å². The molecule has 3 aromatic rings. The predicted molar refractivity (Wildman–Crippen MR) is 100 cm³/mol. The number of aromatic hydroxyl groups is 1. The summed E-state index contributed by atoms with van der Waals surface area (Å²) in [4.78, 5) is 22.6. The van der Waals surface area contributed by atoms with Crippen molar-refractivity contribution in [2.45, 2.75) is 20.5 Å². The molecule has 1 aromatic carbocycles. The number of phenolic OH excluding ortho intramolecular Hbond substituents is 1. The normalized spacial score (nSPS) is 10.9. The zero-order valence-corrected chi connectivity index (χ0v) is 15.7. The van der Waals surface area contributed by atoms with Crippen LogP contribution in [0.2, 0.25) is 0 Å². The number of amides is 1. The van der Waals surface area contributed by atoms with Crippen molar-refractivity contribution in [2.75, 3.05) is 19.5 Å². The standard InChI is InChI=1S/C18H19N3O4S/c1-9-5-6-11(12(22)7-9)19-16(23)15-10(2)14-17(25-4)20-13(8-24-3)21-18(14)26-15/h5-7,22H,8H2,1-4H3,(H,19,23). The number of ether oxygens (including phenoxy) is 2. The van der Waals surface area contributed by atoms with Gasteiger partial charge in [-0.15, -0.1) is 11.3 Å². The molecule has 0 radical (unpaired) electrons. The van der Waals surface area contributed by atoms with Gasteiger partial charge in [0.15, 0.2) is 5.82 Å². The molecule has 2 aromatic heterocycles. The molecule has 3 rings (SSSR count). The smallest absolute Gasteiger partial charge is 0.266 e. The maximum absolute atomic E-state index is 12.7. The van der Waals surface area contributed by atoms with E-state index in [1.807, 2.05) is 19.9 Å². The van der Waals surface area contributed by atoms with Crippen LogP contribution in [0.15, 0.2) is 18.2 Å². The fourth-order valence-corrected chi connectivity index (χ4v) is 3.71. The van der Waals surface area contributed by atoms with E-state index >= 15 is 0 Å². The number of thiophene rings is 1. The highest BCUT2D eigenvalue weighted by atomic mass is 32.1. The number of carbonyl (C=O) groups excluding carboxylic acids is 1. The minimum atomic E-state index is -0.319. The number of nitrogens with zero attached hydrogens (tertiary/aromatic N) is 2. The second kappa shape index (κ2) is 7.27. The number of anilines is 1. The molecular weight excluding hydrogens is 354 g/mol. The van der Waals surface area contributed by atoms with Gasteiger partial charge in [-0.05, 0) is 37.1 Å². The lowest BCUT2D eigenvalue weighted by molar-refractivity contribution is 0.102. The van der Waals surface area contributed by atoms with Crippen LogP contribution >= 0.6 is 11.3 Å². The zero-order chi connectivity index (χ0) is 18.8. The summed E-state index contributed by atoms with van der Waals surface area (Å²) in [5.41, 5.74) is 2.00. The SMILES string of the molecule is COCc1nc(OC)c2c(C)c(C(=O)Nc3ccc(C)cc3O)sc2n1.